The van der Waals surface area contributed by atoms with Crippen LogP contribution in [0.3, 0.4) is 0 Å². The summed E-state index contributed by atoms with van der Waals surface area (Å²) in [4.78, 5) is 20.6. The number of carboxylic acid groups (broad SMARTS) is 1. The van der Waals surface area contributed by atoms with Crippen LogP contribution in [0.5, 0.6) is 0 Å². The molecule has 0 bridgehead atoms. The summed E-state index contributed by atoms with van der Waals surface area (Å²) in [5.74, 6) is -2.05. The standard InChI is InChI=1S/C9H14O3/c1-2-3-4-5-6-7-8(10)9(11)12/h4-5H,2-3,6-7H2,1H3,(H,11,12)/b5-4+. The zero-order chi connectivity index (χ0) is 9.40. The summed E-state index contributed by atoms with van der Waals surface area (Å²) in [7, 11) is 0. The van der Waals surface area contributed by atoms with Gasteiger partial charge in [0.25, 0.3) is 0 Å². The number of Topliss-reactive ketones (excluding diaryl/α,β-unsaturated/α-hetero) is 1. The van der Waals surface area contributed by atoms with Crippen molar-refractivity contribution in [2.24, 2.45) is 0 Å². The normalized spacial score (nSPS) is 10.4. The van der Waals surface area contributed by atoms with Gasteiger partial charge in [-0.1, -0.05) is 25.5 Å². The van der Waals surface area contributed by atoms with Gasteiger partial charge in [-0.05, 0) is 12.8 Å². The molecule has 0 saturated carbocycles. The number of ketones is 1. The summed E-state index contributed by atoms with van der Waals surface area (Å²) in [5, 5.41) is 8.21. The molecule has 0 spiro atoms. The van der Waals surface area contributed by atoms with Gasteiger partial charge in [-0.2, -0.15) is 0 Å². The van der Waals surface area contributed by atoms with Crippen LogP contribution in [0.25, 0.3) is 0 Å². The highest BCUT2D eigenvalue weighted by Gasteiger charge is 2.08. The Morgan fingerprint density at radius 3 is 2.33 bits per heavy atom. The molecule has 0 amide bonds. The molecule has 3 nitrogen and oxygen atoms in total. The summed E-state index contributed by atoms with van der Waals surface area (Å²) < 4.78 is 0. The Kier molecular flexibility index (Phi) is 5.97. The van der Waals surface area contributed by atoms with Crippen LogP contribution in [0.1, 0.15) is 32.6 Å². The predicted octanol–water partition coefficient (Wildman–Crippen LogP) is 1.78. The van der Waals surface area contributed by atoms with Crippen molar-refractivity contribution in [2.45, 2.75) is 32.6 Å². The number of carbonyl (C=O) groups excluding carboxylic acids is 1. The molecule has 0 saturated heterocycles. The molecule has 68 valence electrons. The van der Waals surface area contributed by atoms with E-state index in [0.717, 1.165) is 12.8 Å². The second-order valence-corrected chi connectivity index (χ2v) is 2.53. The van der Waals surface area contributed by atoms with Crippen molar-refractivity contribution in [1.29, 1.82) is 0 Å². The molecule has 0 aliphatic rings. The van der Waals surface area contributed by atoms with E-state index in [0.29, 0.717) is 6.42 Å². The van der Waals surface area contributed by atoms with Gasteiger partial charge in [0.05, 0.1) is 0 Å². The average molecular weight is 170 g/mol. The maximum atomic E-state index is 10.5. The van der Waals surface area contributed by atoms with E-state index in [1.807, 2.05) is 12.2 Å². The van der Waals surface area contributed by atoms with Crippen LogP contribution in [-0.2, 0) is 9.59 Å². The first-order valence-electron chi connectivity index (χ1n) is 4.09. The predicted molar refractivity (Wildman–Crippen MR) is 45.9 cm³/mol. The highest BCUT2D eigenvalue weighted by atomic mass is 16.4. The monoisotopic (exact) mass is 170 g/mol. The minimum absolute atomic E-state index is 0.107. The molecule has 1 N–H and O–H groups in total. The SMILES string of the molecule is CCC/C=C/CCC(=O)C(=O)O. The maximum Gasteiger partial charge on any atom is 0.372 e. The van der Waals surface area contributed by atoms with Gasteiger partial charge in [0.2, 0.25) is 5.78 Å². The number of carboxylic acids is 1. The van der Waals surface area contributed by atoms with Crippen LogP contribution in [0, 0.1) is 0 Å². The van der Waals surface area contributed by atoms with Crippen LogP contribution in [0.2, 0.25) is 0 Å². The Bertz CT molecular complexity index is 182. The molecule has 0 aromatic rings. The number of unbranched alkanes of at least 4 members (excludes halogenated alkanes) is 1. The van der Waals surface area contributed by atoms with Gasteiger partial charge in [-0.3, -0.25) is 4.79 Å². The quantitative estimate of drug-likeness (QED) is 0.488. The highest BCUT2D eigenvalue weighted by molar-refractivity contribution is 6.32. The topological polar surface area (TPSA) is 54.4 Å². The average Bonchev–Trinajstić information content (AvgIpc) is 2.03. The minimum atomic E-state index is -1.33. The van der Waals surface area contributed by atoms with Crippen LogP contribution in [-0.4, -0.2) is 16.9 Å². The Morgan fingerprint density at radius 2 is 1.83 bits per heavy atom. The van der Waals surface area contributed by atoms with E-state index >= 15 is 0 Å². The zero-order valence-corrected chi connectivity index (χ0v) is 7.25. The highest BCUT2D eigenvalue weighted by Crippen LogP contribution is 1.95. The van der Waals surface area contributed by atoms with E-state index in [1.165, 1.54) is 0 Å². The molecule has 0 aromatic heterocycles. The molecule has 0 unspecified atom stereocenters. The van der Waals surface area contributed by atoms with Crippen molar-refractivity contribution in [2.75, 3.05) is 0 Å². The summed E-state index contributed by atoms with van der Waals surface area (Å²) in [6.45, 7) is 2.06. The molecular formula is C9H14O3. The Morgan fingerprint density at radius 1 is 1.25 bits per heavy atom. The Hall–Kier alpha value is -1.12. The number of aliphatic carboxylic acids is 1. The van der Waals surface area contributed by atoms with E-state index < -0.39 is 11.8 Å². The summed E-state index contributed by atoms with van der Waals surface area (Å²) in [6, 6.07) is 0. The van der Waals surface area contributed by atoms with E-state index in [2.05, 4.69) is 6.92 Å². The van der Waals surface area contributed by atoms with Crippen LogP contribution < -0.4 is 0 Å². The summed E-state index contributed by atoms with van der Waals surface area (Å²) in [5.41, 5.74) is 0. The number of carbonyl (C=O) groups is 2. The van der Waals surface area contributed by atoms with Crippen molar-refractivity contribution in [3.05, 3.63) is 12.2 Å². The molecule has 0 fully saturated rings. The lowest BCUT2D eigenvalue weighted by atomic mass is 10.2. The molecule has 0 rings (SSSR count). The lowest BCUT2D eigenvalue weighted by molar-refractivity contribution is -0.149. The van der Waals surface area contributed by atoms with E-state index in [4.69, 9.17) is 5.11 Å². The van der Waals surface area contributed by atoms with Crippen molar-refractivity contribution in [3.63, 3.8) is 0 Å². The second kappa shape index (κ2) is 6.58. The molecule has 0 radical (unpaired) electrons. The number of allylic oxidation sites excluding steroid dienone is 2. The first-order chi connectivity index (χ1) is 5.68. The van der Waals surface area contributed by atoms with Crippen LogP contribution >= 0.6 is 0 Å². The van der Waals surface area contributed by atoms with E-state index in [9.17, 15) is 9.59 Å². The molecule has 0 atom stereocenters. The Balaban J connectivity index is 3.43. The van der Waals surface area contributed by atoms with Gasteiger partial charge in [0.1, 0.15) is 0 Å². The summed E-state index contributed by atoms with van der Waals surface area (Å²) in [6.07, 6.45) is 6.52. The lowest BCUT2D eigenvalue weighted by Gasteiger charge is -1.89. The zero-order valence-electron chi connectivity index (χ0n) is 7.25. The fourth-order valence-electron chi connectivity index (χ4n) is 0.724. The molecule has 12 heavy (non-hydrogen) atoms. The third-order valence-electron chi connectivity index (χ3n) is 1.40. The van der Waals surface area contributed by atoms with Gasteiger partial charge >= 0.3 is 5.97 Å². The third-order valence-corrected chi connectivity index (χ3v) is 1.40. The first kappa shape index (κ1) is 10.9. The van der Waals surface area contributed by atoms with Crippen LogP contribution in [0.15, 0.2) is 12.2 Å². The first-order valence-corrected chi connectivity index (χ1v) is 4.09. The number of hydrogen-bond donors (Lipinski definition) is 1. The van der Waals surface area contributed by atoms with Gasteiger partial charge in [-0.15, -0.1) is 0 Å². The van der Waals surface area contributed by atoms with Gasteiger partial charge in [0.15, 0.2) is 0 Å². The smallest absolute Gasteiger partial charge is 0.372 e. The largest absolute Gasteiger partial charge is 0.476 e. The van der Waals surface area contributed by atoms with Crippen molar-refractivity contribution in [3.8, 4) is 0 Å². The molecular weight excluding hydrogens is 156 g/mol. The molecule has 0 aliphatic heterocycles. The van der Waals surface area contributed by atoms with Crippen molar-refractivity contribution < 1.29 is 14.7 Å². The molecule has 0 heterocycles. The van der Waals surface area contributed by atoms with Crippen molar-refractivity contribution >= 4 is 11.8 Å². The van der Waals surface area contributed by atoms with E-state index in [1.54, 1.807) is 0 Å². The van der Waals surface area contributed by atoms with Gasteiger partial charge in [-0.25, -0.2) is 4.79 Å². The third kappa shape index (κ3) is 5.65. The van der Waals surface area contributed by atoms with E-state index in [-0.39, 0.29) is 6.42 Å². The van der Waals surface area contributed by atoms with Crippen molar-refractivity contribution in [1.82, 2.24) is 0 Å². The minimum Gasteiger partial charge on any atom is -0.476 e. The number of hydrogen-bond acceptors (Lipinski definition) is 2. The maximum absolute atomic E-state index is 10.5. The van der Waals surface area contributed by atoms with Crippen LogP contribution in [0.4, 0.5) is 0 Å². The fourth-order valence-corrected chi connectivity index (χ4v) is 0.724. The second-order valence-electron chi connectivity index (χ2n) is 2.53. The fraction of sp³-hybridized carbons (Fsp3) is 0.556. The summed E-state index contributed by atoms with van der Waals surface area (Å²) >= 11 is 0. The Labute approximate surface area is 72.1 Å². The van der Waals surface area contributed by atoms with Gasteiger partial charge < -0.3 is 5.11 Å². The molecule has 3 heteroatoms. The molecule has 0 aromatic carbocycles. The van der Waals surface area contributed by atoms with Gasteiger partial charge in [0, 0.05) is 6.42 Å². The number of rotatable bonds is 6. The lowest BCUT2D eigenvalue weighted by Crippen LogP contribution is -2.11. The molecule has 0 aliphatic carbocycles.